The van der Waals surface area contributed by atoms with E-state index in [1.54, 1.807) is 0 Å². The zero-order chi connectivity index (χ0) is 13.3. The molecule has 1 aromatic carbocycles. The molecule has 1 fully saturated rings. The topological polar surface area (TPSA) is 21.3 Å². The van der Waals surface area contributed by atoms with Gasteiger partial charge in [0.05, 0.1) is 6.61 Å². The number of nitrogens with one attached hydrogen (secondary N) is 1. The number of hydrogen-bond donors (Lipinski definition) is 1. The van der Waals surface area contributed by atoms with Crippen LogP contribution in [-0.2, 0) is 0 Å². The highest BCUT2D eigenvalue weighted by Gasteiger charge is 2.27. The number of halogens is 5. The van der Waals surface area contributed by atoms with E-state index >= 15 is 0 Å². The summed E-state index contributed by atoms with van der Waals surface area (Å²) < 4.78 is 69.6. The quantitative estimate of drug-likeness (QED) is 0.516. The smallest absolute Gasteiger partial charge is 0.206 e. The second-order valence-electron chi connectivity index (χ2n) is 4.07. The Balaban J connectivity index is 2.21. The highest BCUT2D eigenvalue weighted by Crippen LogP contribution is 2.29. The van der Waals surface area contributed by atoms with Crippen LogP contribution >= 0.6 is 0 Å². The molecule has 0 radical (unpaired) electrons. The lowest BCUT2D eigenvalue weighted by atomic mass is 10.1. The van der Waals surface area contributed by atoms with Crippen LogP contribution in [0.2, 0.25) is 0 Å². The molecule has 100 valence electrons. The van der Waals surface area contributed by atoms with Gasteiger partial charge in [-0.3, -0.25) is 0 Å². The standard InChI is InChI=1S/C11H10F5NO/c12-6-7(13)9(15)11(10(16)8(6)14)18-4-5-1-2-17-3-5/h5,17H,1-4H2. The summed E-state index contributed by atoms with van der Waals surface area (Å²) in [4.78, 5) is 0. The first-order chi connectivity index (χ1) is 8.52. The summed E-state index contributed by atoms with van der Waals surface area (Å²) in [7, 11) is 0. The van der Waals surface area contributed by atoms with Gasteiger partial charge >= 0.3 is 0 Å². The van der Waals surface area contributed by atoms with Crippen LogP contribution in [0.25, 0.3) is 0 Å². The van der Waals surface area contributed by atoms with Crippen molar-refractivity contribution in [1.29, 1.82) is 0 Å². The average Bonchev–Trinajstić information content (AvgIpc) is 2.87. The maximum absolute atomic E-state index is 13.2. The van der Waals surface area contributed by atoms with Crippen molar-refractivity contribution in [2.24, 2.45) is 5.92 Å². The largest absolute Gasteiger partial charge is 0.487 e. The number of rotatable bonds is 3. The van der Waals surface area contributed by atoms with Gasteiger partial charge in [-0.15, -0.1) is 0 Å². The van der Waals surface area contributed by atoms with Crippen LogP contribution in [0.4, 0.5) is 22.0 Å². The maximum Gasteiger partial charge on any atom is 0.206 e. The molecular formula is C11H10F5NO. The van der Waals surface area contributed by atoms with E-state index in [0.717, 1.165) is 13.0 Å². The van der Waals surface area contributed by atoms with Crippen molar-refractivity contribution in [3.05, 3.63) is 29.1 Å². The van der Waals surface area contributed by atoms with Crippen molar-refractivity contribution >= 4 is 0 Å². The van der Waals surface area contributed by atoms with Crippen molar-refractivity contribution < 1.29 is 26.7 Å². The predicted molar refractivity (Wildman–Crippen MR) is 52.7 cm³/mol. The van der Waals surface area contributed by atoms with Crippen molar-refractivity contribution in [2.45, 2.75) is 6.42 Å². The van der Waals surface area contributed by atoms with Crippen LogP contribution in [0.3, 0.4) is 0 Å². The summed E-state index contributed by atoms with van der Waals surface area (Å²) in [6, 6.07) is 0. The van der Waals surface area contributed by atoms with Gasteiger partial charge in [-0.05, 0) is 13.0 Å². The molecule has 7 heteroatoms. The summed E-state index contributed by atoms with van der Waals surface area (Å²) in [5.74, 6) is -11.2. The zero-order valence-electron chi connectivity index (χ0n) is 9.20. The van der Waals surface area contributed by atoms with Crippen molar-refractivity contribution in [2.75, 3.05) is 19.7 Å². The van der Waals surface area contributed by atoms with Gasteiger partial charge in [-0.1, -0.05) is 0 Å². The Morgan fingerprint density at radius 3 is 2.00 bits per heavy atom. The Labute approximate surface area is 99.7 Å². The first-order valence-corrected chi connectivity index (χ1v) is 5.37. The summed E-state index contributed by atoms with van der Waals surface area (Å²) in [5, 5.41) is 2.99. The minimum absolute atomic E-state index is 0.0000227. The van der Waals surface area contributed by atoms with Crippen LogP contribution in [0, 0.1) is 35.0 Å². The molecule has 1 N–H and O–H groups in total. The first kappa shape index (κ1) is 13.1. The summed E-state index contributed by atoms with van der Waals surface area (Å²) >= 11 is 0. The Morgan fingerprint density at radius 1 is 0.944 bits per heavy atom. The second kappa shape index (κ2) is 5.09. The van der Waals surface area contributed by atoms with E-state index in [9.17, 15) is 22.0 Å². The number of benzene rings is 1. The van der Waals surface area contributed by atoms with E-state index in [-0.39, 0.29) is 12.5 Å². The monoisotopic (exact) mass is 267 g/mol. The molecule has 2 nitrogen and oxygen atoms in total. The fourth-order valence-electron chi connectivity index (χ4n) is 1.77. The van der Waals surface area contributed by atoms with Crippen LogP contribution in [-0.4, -0.2) is 19.7 Å². The van der Waals surface area contributed by atoms with Crippen molar-refractivity contribution in [3.8, 4) is 5.75 Å². The average molecular weight is 267 g/mol. The second-order valence-corrected chi connectivity index (χ2v) is 4.07. The molecule has 2 rings (SSSR count). The van der Waals surface area contributed by atoms with Gasteiger partial charge in [0.15, 0.2) is 5.75 Å². The number of ether oxygens (including phenoxy) is 1. The Bertz CT molecular complexity index is 430. The SMILES string of the molecule is Fc1c(F)c(F)c(OCC2CCNC2)c(F)c1F. The third-order valence-corrected chi connectivity index (χ3v) is 2.80. The van der Waals surface area contributed by atoms with Crippen LogP contribution < -0.4 is 10.1 Å². The van der Waals surface area contributed by atoms with Gasteiger partial charge < -0.3 is 10.1 Å². The van der Waals surface area contributed by atoms with Crippen LogP contribution in [0.5, 0.6) is 5.75 Å². The van der Waals surface area contributed by atoms with Gasteiger partial charge in [0.25, 0.3) is 0 Å². The molecule has 18 heavy (non-hydrogen) atoms. The molecule has 0 spiro atoms. The molecule has 0 aliphatic carbocycles. The molecule has 1 atom stereocenters. The molecule has 1 heterocycles. The van der Waals surface area contributed by atoms with E-state index in [1.807, 2.05) is 0 Å². The van der Waals surface area contributed by atoms with Gasteiger partial charge in [-0.25, -0.2) is 13.2 Å². The summed E-state index contributed by atoms with van der Waals surface area (Å²) in [5.41, 5.74) is 0. The summed E-state index contributed by atoms with van der Waals surface area (Å²) in [6.45, 7) is 1.24. The van der Waals surface area contributed by atoms with Crippen LogP contribution in [0.15, 0.2) is 0 Å². The highest BCUT2D eigenvalue weighted by atomic mass is 19.2. The van der Waals surface area contributed by atoms with E-state index < -0.39 is 34.8 Å². The molecule has 1 aliphatic rings. The Kier molecular flexibility index (Phi) is 3.70. The van der Waals surface area contributed by atoms with Gasteiger partial charge in [-0.2, -0.15) is 8.78 Å². The molecule has 1 saturated heterocycles. The first-order valence-electron chi connectivity index (χ1n) is 5.37. The lowest BCUT2D eigenvalue weighted by molar-refractivity contribution is 0.225. The van der Waals surface area contributed by atoms with E-state index in [1.165, 1.54) is 0 Å². The minimum atomic E-state index is -2.18. The highest BCUT2D eigenvalue weighted by molar-refractivity contribution is 5.29. The number of hydrogen-bond acceptors (Lipinski definition) is 2. The zero-order valence-corrected chi connectivity index (χ0v) is 9.20. The van der Waals surface area contributed by atoms with Gasteiger partial charge in [0, 0.05) is 12.5 Å². The summed E-state index contributed by atoms with van der Waals surface area (Å²) in [6.07, 6.45) is 0.732. The molecule has 1 unspecified atom stereocenters. The fourth-order valence-corrected chi connectivity index (χ4v) is 1.77. The minimum Gasteiger partial charge on any atom is -0.487 e. The van der Waals surface area contributed by atoms with Crippen molar-refractivity contribution in [3.63, 3.8) is 0 Å². The maximum atomic E-state index is 13.2. The van der Waals surface area contributed by atoms with Crippen LogP contribution in [0.1, 0.15) is 6.42 Å². The molecule has 0 bridgehead atoms. The lowest BCUT2D eigenvalue weighted by Gasteiger charge is -2.13. The van der Waals surface area contributed by atoms with Crippen molar-refractivity contribution in [1.82, 2.24) is 5.32 Å². The predicted octanol–water partition coefficient (Wildman–Crippen LogP) is 2.37. The molecular weight excluding hydrogens is 257 g/mol. The molecule has 0 saturated carbocycles. The Morgan fingerprint density at radius 2 is 1.50 bits per heavy atom. The Hall–Kier alpha value is -1.37. The van der Waals surface area contributed by atoms with E-state index in [2.05, 4.69) is 5.32 Å². The third kappa shape index (κ3) is 2.27. The van der Waals surface area contributed by atoms with Gasteiger partial charge in [0.1, 0.15) is 0 Å². The molecule has 1 aliphatic heterocycles. The van der Waals surface area contributed by atoms with Gasteiger partial charge in [0.2, 0.25) is 29.1 Å². The molecule has 0 amide bonds. The fraction of sp³-hybridized carbons (Fsp3) is 0.455. The third-order valence-electron chi connectivity index (χ3n) is 2.80. The van der Waals surface area contributed by atoms with E-state index in [4.69, 9.17) is 4.74 Å². The lowest BCUT2D eigenvalue weighted by Crippen LogP contribution is -2.17. The molecule has 1 aromatic rings. The molecule has 0 aromatic heterocycles. The van der Waals surface area contributed by atoms with E-state index in [0.29, 0.717) is 6.54 Å². The normalized spacial score (nSPS) is 19.3.